The molecule has 0 bridgehead atoms. The van der Waals surface area contributed by atoms with Crippen LogP contribution >= 0.6 is 22.9 Å². The Kier molecular flexibility index (Phi) is 6.62. The Morgan fingerprint density at radius 1 is 1.13 bits per heavy atom. The van der Waals surface area contributed by atoms with E-state index in [9.17, 15) is 13.2 Å². The van der Waals surface area contributed by atoms with Crippen LogP contribution in [0.4, 0.5) is 0 Å². The molecule has 1 aliphatic rings. The number of esters is 1. The molecule has 164 valence electrons. The number of halogens is 1. The van der Waals surface area contributed by atoms with Gasteiger partial charge in [-0.1, -0.05) is 30.5 Å². The third kappa shape index (κ3) is 4.92. The summed E-state index contributed by atoms with van der Waals surface area (Å²) in [5, 5.41) is 1.08. The van der Waals surface area contributed by atoms with Crippen LogP contribution in [0.15, 0.2) is 41.3 Å². The molecule has 0 atom stereocenters. The smallest absolute Gasteiger partial charge is 0.338 e. The standard InChI is InChI=1S/C22H23ClN2O4S2/c1-15-24-19-12-16(6-9-20(19)30-15)14-29-22(26)17-7-8-18(23)21(13-17)31(27,28)25-10-4-2-3-5-11-25/h6-9,12-13H,2-5,10-11,14H2,1H3. The minimum absolute atomic E-state index is 0.0510. The topological polar surface area (TPSA) is 76.6 Å². The summed E-state index contributed by atoms with van der Waals surface area (Å²) in [6, 6.07) is 9.98. The van der Waals surface area contributed by atoms with Crippen molar-refractivity contribution in [3.63, 3.8) is 0 Å². The largest absolute Gasteiger partial charge is 0.457 e. The molecule has 3 aromatic rings. The molecule has 1 fully saturated rings. The quantitative estimate of drug-likeness (QED) is 0.472. The number of fused-ring (bicyclic) bond motifs is 1. The van der Waals surface area contributed by atoms with Crippen LogP contribution in [0.1, 0.15) is 46.6 Å². The van der Waals surface area contributed by atoms with Gasteiger partial charge in [0.1, 0.15) is 11.5 Å². The average molecular weight is 479 g/mol. The predicted molar refractivity (Wildman–Crippen MR) is 122 cm³/mol. The Hall–Kier alpha value is -2.00. The Balaban J connectivity index is 1.51. The number of thiazole rings is 1. The van der Waals surface area contributed by atoms with Crippen molar-refractivity contribution in [2.45, 2.75) is 44.1 Å². The maximum Gasteiger partial charge on any atom is 0.338 e. The van der Waals surface area contributed by atoms with Crippen molar-refractivity contribution in [2.24, 2.45) is 0 Å². The van der Waals surface area contributed by atoms with E-state index in [4.69, 9.17) is 16.3 Å². The number of aryl methyl sites for hydroxylation is 1. The highest BCUT2D eigenvalue weighted by Crippen LogP contribution is 2.28. The van der Waals surface area contributed by atoms with Crippen LogP contribution in [-0.4, -0.2) is 36.8 Å². The highest BCUT2D eigenvalue weighted by atomic mass is 35.5. The van der Waals surface area contributed by atoms with Crippen molar-refractivity contribution in [3.8, 4) is 0 Å². The van der Waals surface area contributed by atoms with E-state index in [1.54, 1.807) is 11.3 Å². The van der Waals surface area contributed by atoms with Crippen molar-refractivity contribution < 1.29 is 17.9 Å². The lowest BCUT2D eigenvalue weighted by Gasteiger charge is -2.21. The first-order valence-corrected chi connectivity index (χ1v) is 12.8. The molecule has 0 saturated carbocycles. The van der Waals surface area contributed by atoms with Crippen LogP contribution in [0.2, 0.25) is 5.02 Å². The number of hydrogen-bond donors (Lipinski definition) is 0. The van der Waals surface area contributed by atoms with Crippen LogP contribution in [0, 0.1) is 6.92 Å². The van der Waals surface area contributed by atoms with Crippen LogP contribution < -0.4 is 0 Å². The maximum absolute atomic E-state index is 13.1. The lowest BCUT2D eigenvalue weighted by atomic mass is 10.2. The third-order valence-electron chi connectivity index (χ3n) is 5.28. The third-order valence-corrected chi connectivity index (χ3v) is 8.61. The number of hydrogen-bond acceptors (Lipinski definition) is 6. The monoisotopic (exact) mass is 478 g/mol. The van der Waals surface area contributed by atoms with E-state index in [-0.39, 0.29) is 22.1 Å². The second kappa shape index (κ2) is 9.24. The molecule has 0 radical (unpaired) electrons. The molecule has 0 N–H and O–H groups in total. The number of benzene rings is 2. The van der Waals surface area contributed by atoms with Gasteiger partial charge in [0, 0.05) is 13.1 Å². The Bertz CT molecular complexity index is 1220. The summed E-state index contributed by atoms with van der Waals surface area (Å²) in [5.74, 6) is -0.599. The van der Waals surface area contributed by atoms with Gasteiger partial charge in [-0.25, -0.2) is 18.2 Å². The summed E-state index contributed by atoms with van der Waals surface area (Å²) in [7, 11) is -3.77. The van der Waals surface area contributed by atoms with Gasteiger partial charge in [-0.3, -0.25) is 0 Å². The van der Waals surface area contributed by atoms with Crippen LogP contribution in [0.25, 0.3) is 10.2 Å². The minimum atomic E-state index is -3.77. The van der Waals surface area contributed by atoms with Gasteiger partial charge in [0.05, 0.1) is 25.8 Å². The Morgan fingerprint density at radius 3 is 2.61 bits per heavy atom. The molecule has 1 aliphatic heterocycles. The van der Waals surface area contributed by atoms with Crippen molar-refractivity contribution in [2.75, 3.05) is 13.1 Å². The molecule has 31 heavy (non-hydrogen) atoms. The van der Waals surface area contributed by atoms with Crippen LogP contribution in [-0.2, 0) is 21.4 Å². The van der Waals surface area contributed by atoms with Gasteiger partial charge in [0.25, 0.3) is 0 Å². The molecule has 4 rings (SSSR count). The molecule has 9 heteroatoms. The molecule has 0 amide bonds. The van der Waals surface area contributed by atoms with Gasteiger partial charge in [0.2, 0.25) is 10.0 Å². The average Bonchev–Trinajstić information content (AvgIpc) is 2.92. The fourth-order valence-electron chi connectivity index (χ4n) is 3.66. The van der Waals surface area contributed by atoms with E-state index in [2.05, 4.69) is 4.98 Å². The molecule has 0 aliphatic carbocycles. The van der Waals surface area contributed by atoms with Gasteiger partial charge in [-0.05, 0) is 55.7 Å². The van der Waals surface area contributed by atoms with E-state index in [1.165, 1.54) is 22.5 Å². The number of carbonyl (C=O) groups is 1. The molecular formula is C22H23ClN2O4S2. The van der Waals surface area contributed by atoms with E-state index in [1.807, 2.05) is 25.1 Å². The molecule has 0 spiro atoms. The maximum atomic E-state index is 13.1. The molecule has 1 saturated heterocycles. The fraction of sp³-hybridized carbons (Fsp3) is 0.364. The lowest BCUT2D eigenvalue weighted by Crippen LogP contribution is -2.32. The summed E-state index contributed by atoms with van der Waals surface area (Å²) in [4.78, 5) is 17.0. The SMILES string of the molecule is Cc1nc2cc(COC(=O)c3ccc(Cl)c(S(=O)(=O)N4CCCCCC4)c3)ccc2s1. The number of aromatic nitrogens is 1. The molecule has 2 heterocycles. The first-order valence-electron chi connectivity index (χ1n) is 10.2. The van der Waals surface area contributed by atoms with Gasteiger partial charge >= 0.3 is 5.97 Å². The van der Waals surface area contributed by atoms with E-state index < -0.39 is 16.0 Å². The summed E-state index contributed by atoms with van der Waals surface area (Å²) in [6.07, 6.45) is 3.67. The number of carbonyl (C=O) groups excluding carboxylic acids is 1. The summed E-state index contributed by atoms with van der Waals surface area (Å²) in [5.41, 5.74) is 1.84. The van der Waals surface area contributed by atoms with Crippen molar-refractivity contribution in [1.29, 1.82) is 0 Å². The molecule has 2 aromatic carbocycles. The zero-order chi connectivity index (χ0) is 22.0. The molecular weight excluding hydrogens is 456 g/mol. The number of sulfonamides is 1. The van der Waals surface area contributed by atoms with Gasteiger partial charge in [-0.15, -0.1) is 11.3 Å². The summed E-state index contributed by atoms with van der Waals surface area (Å²) < 4.78 is 34.2. The van der Waals surface area contributed by atoms with Gasteiger partial charge in [-0.2, -0.15) is 4.31 Å². The predicted octanol–water partition coefficient (Wildman–Crippen LogP) is 5.18. The Labute approximate surface area is 190 Å². The first-order chi connectivity index (χ1) is 14.8. The second-order valence-electron chi connectivity index (χ2n) is 7.57. The summed E-state index contributed by atoms with van der Waals surface area (Å²) in [6.45, 7) is 2.95. The van der Waals surface area contributed by atoms with Crippen molar-refractivity contribution in [3.05, 3.63) is 57.6 Å². The summed E-state index contributed by atoms with van der Waals surface area (Å²) >= 11 is 7.82. The highest BCUT2D eigenvalue weighted by molar-refractivity contribution is 7.89. The molecule has 6 nitrogen and oxygen atoms in total. The number of rotatable bonds is 5. The zero-order valence-electron chi connectivity index (χ0n) is 17.1. The van der Waals surface area contributed by atoms with Crippen LogP contribution in [0.5, 0.6) is 0 Å². The minimum Gasteiger partial charge on any atom is -0.457 e. The molecule has 1 aromatic heterocycles. The lowest BCUT2D eigenvalue weighted by molar-refractivity contribution is 0.0472. The normalized spacial score (nSPS) is 15.7. The fourth-order valence-corrected chi connectivity index (χ4v) is 6.48. The second-order valence-corrected chi connectivity index (χ2v) is 11.1. The number of ether oxygens (including phenoxy) is 1. The van der Waals surface area contributed by atoms with Crippen molar-refractivity contribution in [1.82, 2.24) is 9.29 Å². The number of nitrogens with zero attached hydrogens (tertiary/aromatic N) is 2. The van der Waals surface area contributed by atoms with Gasteiger partial charge < -0.3 is 4.74 Å². The van der Waals surface area contributed by atoms with E-state index in [0.29, 0.717) is 13.1 Å². The Morgan fingerprint density at radius 2 is 1.87 bits per heavy atom. The first kappa shape index (κ1) is 22.2. The zero-order valence-corrected chi connectivity index (χ0v) is 19.5. The van der Waals surface area contributed by atoms with Gasteiger partial charge in [0.15, 0.2) is 0 Å². The highest BCUT2D eigenvalue weighted by Gasteiger charge is 2.28. The van der Waals surface area contributed by atoms with E-state index in [0.717, 1.165) is 46.5 Å². The van der Waals surface area contributed by atoms with Crippen molar-refractivity contribution >= 4 is 49.1 Å². The molecule has 0 unspecified atom stereocenters. The van der Waals surface area contributed by atoms with E-state index >= 15 is 0 Å². The van der Waals surface area contributed by atoms with Crippen LogP contribution in [0.3, 0.4) is 0 Å².